The van der Waals surface area contributed by atoms with Crippen molar-refractivity contribution in [3.63, 3.8) is 0 Å². The lowest BCUT2D eigenvalue weighted by Gasteiger charge is -1.99. The first-order chi connectivity index (χ1) is 7.20. The molecule has 4 heteroatoms. The van der Waals surface area contributed by atoms with Gasteiger partial charge in [-0.05, 0) is 12.1 Å². The molecule has 2 rings (SSSR count). The normalized spacial score (nSPS) is 10.5. The molecule has 3 nitrogen and oxygen atoms in total. The average molecular weight is 223 g/mol. The highest BCUT2D eigenvalue weighted by Gasteiger charge is 2.05. The van der Waals surface area contributed by atoms with Crippen molar-refractivity contribution < 1.29 is 9.21 Å². The van der Waals surface area contributed by atoms with Gasteiger partial charge in [0.1, 0.15) is 5.58 Å². The third-order valence-corrected chi connectivity index (χ3v) is 2.31. The maximum Gasteiger partial charge on any atom is 0.336 e. The Morgan fingerprint density at radius 3 is 2.73 bits per heavy atom. The molecule has 0 saturated carbocycles. The van der Waals surface area contributed by atoms with Crippen LogP contribution in [0.5, 0.6) is 0 Å². The molecule has 0 aliphatic rings. The number of alkyl halides is 1. The zero-order valence-corrected chi connectivity index (χ0v) is 8.45. The van der Waals surface area contributed by atoms with Crippen LogP contribution in [0.3, 0.4) is 0 Å². The largest absolute Gasteiger partial charge is 0.423 e. The first-order valence-electron chi connectivity index (χ1n) is 4.34. The van der Waals surface area contributed by atoms with Crippen molar-refractivity contribution in [2.75, 3.05) is 5.88 Å². The van der Waals surface area contributed by atoms with Gasteiger partial charge in [0.2, 0.25) is 0 Å². The quantitative estimate of drug-likeness (QED) is 0.445. The fourth-order valence-corrected chi connectivity index (χ4v) is 1.47. The van der Waals surface area contributed by atoms with Crippen LogP contribution >= 0.6 is 11.6 Å². The first kappa shape index (κ1) is 9.93. The smallest absolute Gasteiger partial charge is 0.336 e. The number of halogens is 1. The first-order valence-corrected chi connectivity index (χ1v) is 4.87. The Labute approximate surface area is 90.3 Å². The molecule has 0 radical (unpaired) electrons. The van der Waals surface area contributed by atoms with Gasteiger partial charge in [-0.15, -0.1) is 11.6 Å². The molecule has 0 aliphatic heterocycles. The summed E-state index contributed by atoms with van der Waals surface area (Å²) in [4.78, 5) is 22.2. The molecule has 0 N–H and O–H groups in total. The van der Waals surface area contributed by atoms with Gasteiger partial charge in [0, 0.05) is 17.0 Å². The standard InChI is InChI=1S/C11H7ClO3/c12-6-9(13)8-2-1-7-3-4-11(14)15-10(7)5-8/h1-5H,6H2. The van der Waals surface area contributed by atoms with Gasteiger partial charge in [0.15, 0.2) is 5.78 Å². The average Bonchev–Trinajstić information content (AvgIpc) is 2.27. The van der Waals surface area contributed by atoms with Crippen LogP contribution in [0.4, 0.5) is 0 Å². The highest BCUT2D eigenvalue weighted by molar-refractivity contribution is 6.30. The van der Waals surface area contributed by atoms with Gasteiger partial charge in [-0.3, -0.25) is 4.79 Å². The number of Topliss-reactive ketones (excluding diaryl/α,β-unsaturated/α-hetero) is 1. The summed E-state index contributed by atoms with van der Waals surface area (Å²) >= 11 is 5.43. The van der Waals surface area contributed by atoms with Crippen LogP contribution in [0.2, 0.25) is 0 Å². The predicted octanol–water partition coefficient (Wildman–Crippen LogP) is 2.21. The highest BCUT2D eigenvalue weighted by Crippen LogP contribution is 2.14. The van der Waals surface area contributed by atoms with Crippen molar-refractivity contribution in [2.45, 2.75) is 0 Å². The van der Waals surface area contributed by atoms with E-state index >= 15 is 0 Å². The van der Waals surface area contributed by atoms with E-state index in [-0.39, 0.29) is 11.7 Å². The fourth-order valence-electron chi connectivity index (χ4n) is 1.31. The van der Waals surface area contributed by atoms with E-state index in [1.165, 1.54) is 12.1 Å². The maximum absolute atomic E-state index is 11.3. The molecule has 0 bridgehead atoms. The SMILES string of the molecule is O=C(CCl)c1ccc2ccc(=O)oc2c1. The molecular weight excluding hydrogens is 216 g/mol. The van der Waals surface area contributed by atoms with E-state index in [1.807, 2.05) is 0 Å². The van der Waals surface area contributed by atoms with Gasteiger partial charge >= 0.3 is 5.63 Å². The van der Waals surface area contributed by atoms with Crippen LogP contribution in [-0.2, 0) is 0 Å². The lowest BCUT2D eigenvalue weighted by molar-refractivity contribution is 0.102. The van der Waals surface area contributed by atoms with Crippen LogP contribution in [-0.4, -0.2) is 11.7 Å². The van der Waals surface area contributed by atoms with Crippen molar-refractivity contribution in [1.82, 2.24) is 0 Å². The summed E-state index contributed by atoms with van der Waals surface area (Å²) in [6, 6.07) is 7.90. The second-order valence-electron chi connectivity index (χ2n) is 3.06. The summed E-state index contributed by atoms with van der Waals surface area (Å²) in [5, 5.41) is 0.778. The van der Waals surface area contributed by atoms with Gasteiger partial charge in [0.05, 0.1) is 5.88 Å². The summed E-state index contributed by atoms with van der Waals surface area (Å²) in [7, 11) is 0. The van der Waals surface area contributed by atoms with Gasteiger partial charge in [0.25, 0.3) is 0 Å². The van der Waals surface area contributed by atoms with E-state index in [4.69, 9.17) is 16.0 Å². The number of carbonyl (C=O) groups excluding carboxylic acids is 1. The minimum Gasteiger partial charge on any atom is -0.423 e. The number of carbonyl (C=O) groups is 1. The van der Waals surface area contributed by atoms with Gasteiger partial charge in [-0.2, -0.15) is 0 Å². The summed E-state index contributed by atoms with van der Waals surface area (Å²) in [6.45, 7) is 0. The molecule has 2 aromatic rings. The Morgan fingerprint density at radius 1 is 1.27 bits per heavy atom. The highest BCUT2D eigenvalue weighted by atomic mass is 35.5. The lowest BCUT2D eigenvalue weighted by atomic mass is 10.1. The molecule has 1 aromatic heterocycles. The third-order valence-electron chi connectivity index (χ3n) is 2.07. The molecule has 0 atom stereocenters. The summed E-state index contributed by atoms with van der Waals surface area (Å²) < 4.78 is 4.95. The minimum absolute atomic E-state index is 0.0808. The van der Waals surface area contributed by atoms with Crippen LogP contribution in [0, 0.1) is 0 Å². The molecule has 0 spiro atoms. The number of benzene rings is 1. The molecule has 15 heavy (non-hydrogen) atoms. The summed E-state index contributed by atoms with van der Waals surface area (Å²) in [5.41, 5.74) is 0.420. The molecule has 1 heterocycles. The third kappa shape index (κ3) is 1.92. The predicted molar refractivity (Wildman–Crippen MR) is 57.5 cm³/mol. The Hall–Kier alpha value is -1.61. The van der Waals surface area contributed by atoms with Crippen molar-refractivity contribution >= 4 is 28.4 Å². The molecule has 1 aromatic carbocycles. The van der Waals surface area contributed by atoms with E-state index in [2.05, 4.69) is 0 Å². The number of hydrogen-bond acceptors (Lipinski definition) is 3. The second kappa shape index (κ2) is 3.87. The number of rotatable bonds is 2. The maximum atomic E-state index is 11.3. The van der Waals surface area contributed by atoms with Crippen molar-refractivity contribution in [1.29, 1.82) is 0 Å². The van der Waals surface area contributed by atoms with Crippen LogP contribution in [0.15, 0.2) is 39.5 Å². The molecule has 0 amide bonds. The number of fused-ring (bicyclic) bond motifs is 1. The van der Waals surface area contributed by atoms with Crippen LogP contribution in [0.25, 0.3) is 11.0 Å². The molecule has 0 saturated heterocycles. The second-order valence-corrected chi connectivity index (χ2v) is 3.33. The summed E-state index contributed by atoms with van der Waals surface area (Å²) in [5.74, 6) is -0.271. The van der Waals surface area contributed by atoms with E-state index in [9.17, 15) is 9.59 Å². The zero-order valence-electron chi connectivity index (χ0n) is 7.70. The molecule has 0 aliphatic carbocycles. The van der Waals surface area contributed by atoms with E-state index in [1.54, 1.807) is 18.2 Å². The summed E-state index contributed by atoms with van der Waals surface area (Å²) in [6.07, 6.45) is 0. The molecule has 76 valence electrons. The van der Waals surface area contributed by atoms with Crippen molar-refractivity contribution in [3.8, 4) is 0 Å². The van der Waals surface area contributed by atoms with E-state index < -0.39 is 5.63 Å². The molecule has 0 unspecified atom stereocenters. The molecule has 0 fully saturated rings. The topological polar surface area (TPSA) is 47.3 Å². The van der Waals surface area contributed by atoms with Gasteiger partial charge in [-0.25, -0.2) is 4.79 Å². The van der Waals surface area contributed by atoms with Crippen molar-refractivity contribution in [3.05, 3.63) is 46.3 Å². The van der Waals surface area contributed by atoms with E-state index in [0.717, 1.165) is 5.39 Å². The van der Waals surface area contributed by atoms with Gasteiger partial charge < -0.3 is 4.42 Å². The fraction of sp³-hybridized carbons (Fsp3) is 0.0909. The Morgan fingerprint density at radius 2 is 2.00 bits per heavy atom. The number of ketones is 1. The molecular formula is C11H7ClO3. The Balaban J connectivity index is 2.64. The number of hydrogen-bond donors (Lipinski definition) is 0. The van der Waals surface area contributed by atoms with Gasteiger partial charge in [-0.1, -0.05) is 12.1 Å². The lowest BCUT2D eigenvalue weighted by Crippen LogP contribution is -2.01. The van der Waals surface area contributed by atoms with Crippen molar-refractivity contribution in [2.24, 2.45) is 0 Å². The minimum atomic E-state index is -0.432. The monoisotopic (exact) mass is 222 g/mol. The van der Waals surface area contributed by atoms with Crippen LogP contribution < -0.4 is 5.63 Å². The Bertz CT molecular complexity index is 571. The zero-order chi connectivity index (χ0) is 10.8. The van der Waals surface area contributed by atoms with Crippen LogP contribution in [0.1, 0.15) is 10.4 Å². The Kier molecular flexibility index (Phi) is 2.56. The van der Waals surface area contributed by atoms with E-state index in [0.29, 0.717) is 11.1 Å².